The maximum absolute atomic E-state index is 10.7. The number of rotatable bonds is 4. The van der Waals surface area contributed by atoms with Gasteiger partial charge >= 0.3 is 0 Å². The summed E-state index contributed by atoms with van der Waals surface area (Å²) < 4.78 is 1.92. The fraction of sp³-hybridized carbons (Fsp3) is 0.857. The second-order valence-corrected chi connectivity index (χ2v) is 5.97. The van der Waals surface area contributed by atoms with E-state index in [1.54, 1.807) is 6.33 Å². The highest BCUT2D eigenvalue weighted by molar-refractivity contribution is 4.97. The summed E-state index contributed by atoms with van der Waals surface area (Å²) in [4.78, 5) is 4.31. The van der Waals surface area contributed by atoms with Gasteiger partial charge in [-0.1, -0.05) is 13.3 Å². The van der Waals surface area contributed by atoms with Crippen LogP contribution in [0.5, 0.6) is 0 Å². The molecular weight excluding hydrogens is 226 g/mol. The van der Waals surface area contributed by atoms with Crippen molar-refractivity contribution in [2.45, 2.75) is 70.9 Å². The van der Waals surface area contributed by atoms with E-state index in [2.05, 4.69) is 30.9 Å². The Morgan fingerprint density at radius 2 is 2.11 bits per heavy atom. The van der Waals surface area contributed by atoms with Gasteiger partial charge in [-0.3, -0.25) is 0 Å². The molecule has 1 aromatic rings. The Hall–Kier alpha value is -0.900. The minimum Gasteiger partial charge on any atom is -0.389 e. The van der Waals surface area contributed by atoms with Crippen LogP contribution in [0.1, 0.15) is 64.7 Å². The molecule has 0 aromatic carbocycles. The van der Waals surface area contributed by atoms with Crippen molar-refractivity contribution in [2.24, 2.45) is 5.92 Å². The highest BCUT2D eigenvalue weighted by atomic mass is 16.3. The van der Waals surface area contributed by atoms with Crippen LogP contribution in [0.25, 0.3) is 0 Å². The number of nitrogens with zero attached hydrogens (tertiary/aromatic N) is 3. The third kappa shape index (κ3) is 2.91. The first-order valence-corrected chi connectivity index (χ1v) is 7.15. The molecule has 18 heavy (non-hydrogen) atoms. The Morgan fingerprint density at radius 3 is 2.67 bits per heavy atom. The number of hydrogen-bond acceptors (Lipinski definition) is 3. The first kappa shape index (κ1) is 13.5. The van der Waals surface area contributed by atoms with Gasteiger partial charge in [-0.15, -0.1) is 0 Å². The lowest BCUT2D eigenvalue weighted by Gasteiger charge is -2.35. The van der Waals surface area contributed by atoms with Crippen LogP contribution in [0, 0.1) is 5.92 Å². The van der Waals surface area contributed by atoms with Crippen molar-refractivity contribution in [1.82, 2.24) is 14.8 Å². The van der Waals surface area contributed by atoms with Gasteiger partial charge in [-0.25, -0.2) is 9.67 Å². The molecule has 0 radical (unpaired) electrons. The van der Waals surface area contributed by atoms with Crippen molar-refractivity contribution in [1.29, 1.82) is 0 Å². The van der Waals surface area contributed by atoms with E-state index in [1.165, 1.54) is 6.42 Å². The van der Waals surface area contributed by atoms with Crippen LogP contribution in [0.3, 0.4) is 0 Å². The zero-order chi connectivity index (χ0) is 13.2. The second kappa shape index (κ2) is 5.39. The number of aromatic nitrogens is 3. The molecule has 0 bridgehead atoms. The lowest BCUT2D eigenvalue weighted by molar-refractivity contribution is -0.0118. The molecule has 0 unspecified atom stereocenters. The minimum absolute atomic E-state index is 0.304. The molecule has 0 aliphatic heterocycles. The highest BCUT2D eigenvalue weighted by Crippen LogP contribution is 2.35. The van der Waals surface area contributed by atoms with Gasteiger partial charge < -0.3 is 5.11 Å². The average Bonchev–Trinajstić information content (AvgIpc) is 2.78. The van der Waals surface area contributed by atoms with E-state index in [4.69, 9.17) is 0 Å². The van der Waals surface area contributed by atoms with Crippen LogP contribution in [0.4, 0.5) is 0 Å². The molecule has 0 saturated heterocycles. The standard InChI is InChI=1S/C14H25N3O/c1-4-12-5-7-14(18,8-6-12)9-13-15-10-16-17(13)11(2)3/h10-12,18H,4-9H2,1-3H3. The molecule has 1 saturated carbocycles. The molecule has 0 atom stereocenters. The molecular formula is C14H25N3O. The van der Waals surface area contributed by atoms with E-state index < -0.39 is 5.60 Å². The van der Waals surface area contributed by atoms with Crippen molar-refractivity contribution in [3.8, 4) is 0 Å². The molecule has 1 aliphatic carbocycles. The summed E-state index contributed by atoms with van der Waals surface area (Å²) >= 11 is 0. The number of hydrogen-bond donors (Lipinski definition) is 1. The van der Waals surface area contributed by atoms with Crippen molar-refractivity contribution in [2.75, 3.05) is 0 Å². The summed E-state index contributed by atoms with van der Waals surface area (Å²) in [7, 11) is 0. The third-order valence-corrected chi connectivity index (χ3v) is 4.24. The largest absolute Gasteiger partial charge is 0.389 e. The molecule has 1 heterocycles. The Balaban J connectivity index is 2.02. The third-order valence-electron chi connectivity index (χ3n) is 4.24. The molecule has 0 spiro atoms. The van der Waals surface area contributed by atoms with E-state index in [1.807, 2.05) is 4.68 Å². The van der Waals surface area contributed by atoms with Gasteiger partial charge in [-0.05, 0) is 45.4 Å². The zero-order valence-electron chi connectivity index (χ0n) is 11.8. The van der Waals surface area contributed by atoms with Gasteiger partial charge in [0.2, 0.25) is 0 Å². The summed E-state index contributed by atoms with van der Waals surface area (Å²) in [6.45, 7) is 6.43. The quantitative estimate of drug-likeness (QED) is 0.895. The Morgan fingerprint density at radius 1 is 1.44 bits per heavy atom. The van der Waals surface area contributed by atoms with Crippen LogP contribution >= 0.6 is 0 Å². The van der Waals surface area contributed by atoms with Crippen molar-refractivity contribution in [3.05, 3.63) is 12.2 Å². The predicted molar refractivity (Wildman–Crippen MR) is 71.3 cm³/mol. The Labute approximate surface area is 109 Å². The van der Waals surface area contributed by atoms with Crippen LogP contribution in [0.2, 0.25) is 0 Å². The average molecular weight is 251 g/mol. The smallest absolute Gasteiger partial charge is 0.138 e. The van der Waals surface area contributed by atoms with Crippen LogP contribution in [-0.4, -0.2) is 25.5 Å². The van der Waals surface area contributed by atoms with Gasteiger partial charge in [0.15, 0.2) is 0 Å². The van der Waals surface area contributed by atoms with Crippen LogP contribution in [0.15, 0.2) is 6.33 Å². The number of aliphatic hydroxyl groups is 1. The van der Waals surface area contributed by atoms with E-state index in [-0.39, 0.29) is 0 Å². The monoisotopic (exact) mass is 251 g/mol. The lowest BCUT2D eigenvalue weighted by atomic mass is 9.76. The van der Waals surface area contributed by atoms with E-state index in [0.717, 1.165) is 37.4 Å². The minimum atomic E-state index is -0.564. The Kier molecular flexibility index (Phi) is 4.05. The van der Waals surface area contributed by atoms with Crippen molar-refractivity contribution in [3.63, 3.8) is 0 Å². The summed E-state index contributed by atoms with van der Waals surface area (Å²) in [5.74, 6) is 1.72. The van der Waals surface area contributed by atoms with Crippen LogP contribution in [-0.2, 0) is 6.42 Å². The second-order valence-electron chi connectivity index (χ2n) is 5.97. The first-order chi connectivity index (χ1) is 8.54. The molecule has 1 aliphatic rings. The van der Waals surface area contributed by atoms with E-state index >= 15 is 0 Å². The van der Waals surface area contributed by atoms with Gasteiger partial charge in [0.25, 0.3) is 0 Å². The fourth-order valence-corrected chi connectivity index (χ4v) is 2.93. The summed E-state index contributed by atoms with van der Waals surface area (Å²) in [5.41, 5.74) is -0.564. The van der Waals surface area contributed by atoms with Crippen molar-refractivity contribution < 1.29 is 5.11 Å². The molecule has 102 valence electrons. The molecule has 4 heteroatoms. The zero-order valence-corrected chi connectivity index (χ0v) is 11.8. The molecule has 1 aromatic heterocycles. The molecule has 2 rings (SSSR count). The highest BCUT2D eigenvalue weighted by Gasteiger charge is 2.34. The molecule has 1 fully saturated rings. The van der Waals surface area contributed by atoms with Gasteiger partial charge in [0.05, 0.1) is 5.60 Å². The van der Waals surface area contributed by atoms with Crippen molar-refractivity contribution >= 4 is 0 Å². The topological polar surface area (TPSA) is 50.9 Å². The maximum atomic E-state index is 10.7. The first-order valence-electron chi connectivity index (χ1n) is 7.15. The van der Waals surface area contributed by atoms with E-state index in [0.29, 0.717) is 12.5 Å². The summed E-state index contributed by atoms with van der Waals surface area (Å²) in [5, 5.41) is 14.9. The van der Waals surface area contributed by atoms with Crippen LogP contribution < -0.4 is 0 Å². The molecule has 1 N–H and O–H groups in total. The predicted octanol–water partition coefficient (Wildman–Crippen LogP) is 2.73. The van der Waals surface area contributed by atoms with Gasteiger partial charge in [0.1, 0.15) is 12.2 Å². The van der Waals surface area contributed by atoms with Gasteiger partial charge in [0, 0.05) is 12.5 Å². The summed E-state index contributed by atoms with van der Waals surface area (Å²) in [6, 6.07) is 0.304. The summed E-state index contributed by atoms with van der Waals surface area (Å²) in [6.07, 6.45) is 7.55. The van der Waals surface area contributed by atoms with Gasteiger partial charge in [-0.2, -0.15) is 5.10 Å². The fourth-order valence-electron chi connectivity index (χ4n) is 2.93. The molecule has 0 amide bonds. The lowest BCUT2D eigenvalue weighted by Crippen LogP contribution is -2.37. The normalized spacial score (nSPS) is 28.8. The van der Waals surface area contributed by atoms with E-state index in [9.17, 15) is 5.11 Å². The molecule has 4 nitrogen and oxygen atoms in total. The SMILES string of the molecule is CCC1CCC(O)(Cc2ncnn2C(C)C)CC1. The Bertz CT molecular complexity index is 378. The maximum Gasteiger partial charge on any atom is 0.138 e.